The highest BCUT2D eigenvalue weighted by Crippen LogP contribution is 2.33. The Labute approximate surface area is 114 Å². The summed E-state index contributed by atoms with van der Waals surface area (Å²) >= 11 is 1.23. The van der Waals surface area contributed by atoms with E-state index in [9.17, 15) is 15.2 Å². The van der Waals surface area contributed by atoms with Gasteiger partial charge in [-0.2, -0.15) is 0 Å². The standard InChI is InChI=1S/C13H12N2O3S/c1-9(16)10-6-7-13(14-8-10)19-12-5-3-2-4-11(12)15(17)18/h2-9,16H,1H3/t9-/m1/s1. The molecule has 0 radical (unpaired) electrons. The van der Waals surface area contributed by atoms with E-state index in [1.165, 1.54) is 17.8 Å². The molecule has 1 N–H and O–H groups in total. The number of aromatic nitrogens is 1. The molecule has 2 aromatic rings. The summed E-state index contributed by atoms with van der Waals surface area (Å²) in [4.78, 5) is 15.2. The number of rotatable bonds is 4. The van der Waals surface area contributed by atoms with Gasteiger partial charge < -0.3 is 5.11 Å². The summed E-state index contributed by atoms with van der Waals surface area (Å²) in [5, 5.41) is 20.9. The molecule has 1 heterocycles. The van der Waals surface area contributed by atoms with Crippen LogP contribution in [-0.4, -0.2) is 15.0 Å². The first-order valence-corrected chi connectivity index (χ1v) is 6.45. The normalized spacial score (nSPS) is 12.1. The number of benzene rings is 1. The van der Waals surface area contributed by atoms with E-state index in [4.69, 9.17) is 0 Å². The van der Waals surface area contributed by atoms with Crippen molar-refractivity contribution in [2.24, 2.45) is 0 Å². The van der Waals surface area contributed by atoms with E-state index < -0.39 is 11.0 Å². The molecule has 0 spiro atoms. The lowest BCUT2D eigenvalue weighted by atomic mass is 10.2. The van der Waals surface area contributed by atoms with Crippen molar-refractivity contribution in [3.63, 3.8) is 0 Å². The number of nitrogens with zero attached hydrogens (tertiary/aromatic N) is 2. The molecule has 0 unspecified atom stereocenters. The van der Waals surface area contributed by atoms with Gasteiger partial charge in [0.15, 0.2) is 0 Å². The van der Waals surface area contributed by atoms with Crippen LogP contribution in [0.1, 0.15) is 18.6 Å². The molecule has 98 valence electrons. The van der Waals surface area contributed by atoms with Gasteiger partial charge in [0.2, 0.25) is 0 Å². The molecule has 0 aliphatic carbocycles. The first-order chi connectivity index (χ1) is 9.08. The minimum Gasteiger partial charge on any atom is -0.389 e. The van der Waals surface area contributed by atoms with E-state index in [2.05, 4.69) is 4.98 Å². The van der Waals surface area contributed by atoms with Crippen molar-refractivity contribution in [2.75, 3.05) is 0 Å². The van der Waals surface area contributed by atoms with Gasteiger partial charge >= 0.3 is 0 Å². The Bertz CT molecular complexity index is 585. The number of aliphatic hydroxyl groups is 1. The molecule has 2 rings (SSSR count). The SMILES string of the molecule is C[C@@H](O)c1ccc(Sc2ccccc2[N+](=O)[O-])nc1. The predicted molar refractivity (Wildman–Crippen MR) is 72.1 cm³/mol. The maximum Gasteiger partial charge on any atom is 0.283 e. The Balaban J connectivity index is 2.24. The number of hydrogen-bond donors (Lipinski definition) is 1. The van der Waals surface area contributed by atoms with Gasteiger partial charge in [0.05, 0.1) is 15.9 Å². The first kappa shape index (κ1) is 13.5. The van der Waals surface area contributed by atoms with Crippen molar-refractivity contribution in [3.05, 3.63) is 58.3 Å². The lowest BCUT2D eigenvalue weighted by Crippen LogP contribution is -1.93. The van der Waals surface area contributed by atoms with Crippen molar-refractivity contribution >= 4 is 17.4 Å². The van der Waals surface area contributed by atoms with Crippen LogP contribution in [0.4, 0.5) is 5.69 Å². The van der Waals surface area contributed by atoms with Gasteiger partial charge in [-0.3, -0.25) is 10.1 Å². The smallest absolute Gasteiger partial charge is 0.283 e. The Hall–Kier alpha value is -1.92. The molecule has 0 bridgehead atoms. The average Bonchev–Trinajstić information content (AvgIpc) is 2.39. The van der Waals surface area contributed by atoms with Crippen LogP contribution in [0.25, 0.3) is 0 Å². The number of hydrogen-bond acceptors (Lipinski definition) is 5. The third-order valence-corrected chi connectivity index (χ3v) is 3.53. The van der Waals surface area contributed by atoms with Gasteiger partial charge in [0.1, 0.15) is 5.03 Å². The summed E-state index contributed by atoms with van der Waals surface area (Å²) in [6, 6.07) is 10.0. The molecule has 0 saturated carbocycles. The topological polar surface area (TPSA) is 76.3 Å². The molecule has 0 saturated heterocycles. The van der Waals surface area contributed by atoms with Gasteiger partial charge in [0.25, 0.3) is 5.69 Å². The van der Waals surface area contributed by atoms with Crippen LogP contribution in [0.15, 0.2) is 52.5 Å². The van der Waals surface area contributed by atoms with Crippen LogP contribution in [0.5, 0.6) is 0 Å². The van der Waals surface area contributed by atoms with E-state index in [1.54, 1.807) is 43.5 Å². The summed E-state index contributed by atoms with van der Waals surface area (Å²) in [5.74, 6) is 0. The van der Waals surface area contributed by atoms with E-state index in [0.29, 0.717) is 15.5 Å². The van der Waals surface area contributed by atoms with Crippen LogP contribution >= 0.6 is 11.8 Å². The molecule has 5 nitrogen and oxygen atoms in total. The van der Waals surface area contributed by atoms with E-state index in [0.717, 1.165) is 0 Å². The fourth-order valence-electron chi connectivity index (χ4n) is 1.51. The Morgan fingerprint density at radius 2 is 2.05 bits per heavy atom. The Morgan fingerprint density at radius 3 is 2.63 bits per heavy atom. The van der Waals surface area contributed by atoms with Gasteiger partial charge in [-0.15, -0.1) is 0 Å². The number of nitro benzene ring substituents is 1. The highest BCUT2D eigenvalue weighted by Gasteiger charge is 2.14. The first-order valence-electron chi connectivity index (χ1n) is 5.63. The summed E-state index contributed by atoms with van der Waals surface area (Å²) in [7, 11) is 0. The lowest BCUT2D eigenvalue weighted by Gasteiger charge is -2.05. The fourth-order valence-corrected chi connectivity index (χ4v) is 2.37. The number of aliphatic hydroxyl groups excluding tert-OH is 1. The van der Waals surface area contributed by atoms with Gasteiger partial charge in [0, 0.05) is 12.3 Å². The van der Waals surface area contributed by atoms with Gasteiger partial charge in [-0.1, -0.05) is 30.0 Å². The monoisotopic (exact) mass is 276 g/mol. The maximum atomic E-state index is 10.9. The van der Waals surface area contributed by atoms with E-state index in [1.807, 2.05) is 0 Å². The molecule has 1 aromatic heterocycles. The van der Waals surface area contributed by atoms with Crippen LogP contribution in [0.3, 0.4) is 0 Å². The third kappa shape index (κ3) is 3.30. The maximum absolute atomic E-state index is 10.9. The zero-order chi connectivity index (χ0) is 13.8. The van der Waals surface area contributed by atoms with Crippen molar-refractivity contribution in [3.8, 4) is 0 Å². The molecule has 1 aromatic carbocycles. The van der Waals surface area contributed by atoms with Crippen molar-refractivity contribution in [2.45, 2.75) is 22.9 Å². The summed E-state index contributed by atoms with van der Waals surface area (Å²) in [5.41, 5.74) is 0.779. The fraction of sp³-hybridized carbons (Fsp3) is 0.154. The predicted octanol–water partition coefficient (Wildman–Crippen LogP) is 3.19. The zero-order valence-corrected chi connectivity index (χ0v) is 11.0. The summed E-state index contributed by atoms with van der Waals surface area (Å²) < 4.78 is 0. The minimum absolute atomic E-state index is 0.0638. The van der Waals surface area contributed by atoms with Gasteiger partial charge in [-0.25, -0.2) is 4.98 Å². The Morgan fingerprint density at radius 1 is 1.32 bits per heavy atom. The second kappa shape index (κ2) is 5.81. The molecular weight excluding hydrogens is 264 g/mol. The molecule has 6 heteroatoms. The highest BCUT2D eigenvalue weighted by atomic mass is 32.2. The third-order valence-electron chi connectivity index (χ3n) is 2.52. The second-order valence-corrected chi connectivity index (χ2v) is 4.99. The number of pyridine rings is 1. The molecule has 0 aliphatic heterocycles. The van der Waals surface area contributed by atoms with Crippen LogP contribution < -0.4 is 0 Å². The molecule has 0 fully saturated rings. The molecule has 19 heavy (non-hydrogen) atoms. The van der Waals surface area contributed by atoms with E-state index >= 15 is 0 Å². The molecule has 0 aliphatic rings. The van der Waals surface area contributed by atoms with Crippen molar-refractivity contribution in [1.29, 1.82) is 0 Å². The van der Waals surface area contributed by atoms with Crippen LogP contribution in [0.2, 0.25) is 0 Å². The largest absolute Gasteiger partial charge is 0.389 e. The lowest BCUT2D eigenvalue weighted by molar-refractivity contribution is -0.387. The Kier molecular flexibility index (Phi) is 4.13. The van der Waals surface area contributed by atoms with Crippen molar-refractivity contribution in [1.82, 2.24) is 4.98 Å². The van der Waals surface area contributed by atoms with Crippen molar-refractivity contribution < 1.29 is 10.0 Å². The zero-order valence-electron chi connectivity index (χ0n) is 10.2. The van der Waals surface area contributed by atoms with Crippen LogP contribution in [0, 0.1) is 10.1 Å². The minimum atomic E-state index is -0.572. The average molecular weight is 276 g/mol. The quantitative estimate of drug-likeness (QED) is 0.685. The van der Waals surface area contributed by atoms with Crippen LogP contribution in [-0.2, 0) is 0 Å². The summed E-state index contributed by atoms with van der Waals surface area (Å²) in [6.07, 6.45) is 1.000. The summed E-state index contributed by atoms with van der Waals surface area (Å²) in [6.45, 7) is 1.66. The molecule has 1 atom stereocenters. The number of nitro groups is 1. The van der Waals surface area contributed by atoms with Gasteiger partial charge in [-0.05, 0) is 24.6 Å². The number of para-hydroxylation sites is 1. The highest BCUT2D eigenvalue weighted by molar-refractivity contribution is 7.99. The van der Waals surface area contributed by atoms with E-state index in [-0.39, 0.29) is 5.69 Å². The second-order valence-electron chi connectivity index (χ2n) is 3.93. The molecular formula is C13H12N2O3S. The molecule has 0 amide bonds.